The molecule has 3 aromatic rings. The maximum absolute atomic E-state index is 12.9. The van der Waals surface area contributed by atoms with E-state index in [0.717, 1.165) is 36.6 Å². The van der Waals surface area contributed by atoms with Crippen LogP contribution in [0.25, 0.3) is 10.8 Å². The molecule has 7 nitrogen and oxygen atoms in total. The van der Waals surface area contributed by atoms with E-state index < -0.39 is 20.0 Å². The highest BCUT2D eigenvalue weighted by atomic mass is 32.2. The van der Waals surface area contributed by atoms with Crippen LogP contribution in [0.15, 0.2) is 80.9 Å². The minimum atomic E-state index is -3.97. The molecule has 1 fully saturated rings. The number of sulfonamides is 2. The van der Waals surface area contributed by atoms with E-state index in [-0.39, 0.29) is 15.5 Å². The molecule has 0 aromatic heterocycles. The van der Waals surface area contributed by atoms with Crippen LogP contribution >= 0.6 is 0 Å². The van der Waals surface area contributed by atoms with Gasteiger partial charge in [-0.25, -0.2) is 8.42 Å². The molecule has 1 heterocycles. The second-order valence-corrected chi connectivity index (χ2v) is 11.1. The van der Waals surface area contributed by atoms with Gasteiger partial charge in [0.05, 0.1) is 15.5 Å². The highest BCUT2D eigenvalue weighted by molar-refractivity contribution is 7.92. The third-order valence-corrected chi connectivity index (χ3v) is 8.16. The standard InChI is InChI=1S/C23H25N3O4S2/c1-26-15-6-2-3-12-23(26)25-32(29,30)21-11-7-10-20(17-21)24-31(27,28)22-14-13-18-8-4-5-9-19(18)16-22/h4-5,7-11,13-14,16-17,24H,2-3,6,12,15H2,1H3. The van der Waals surface area contributed by atoms with Crippen LogP contribution in [-0.2, 0) is 20.0 Å². The molecule has 0 spiro atoms. The van der Waals surface area contributed by atoms with E-state index in [4.69, 9.17) is 0 Å². The molecule has 4 rings (SSSR count). The van der Waals surface area contributed by atoms with Gasteiger partial charge >= 0.3 is 0 Å². The molecule has 1 N–H and O–H groups in total. The molecule has 1 saturated heterocycles. The molecule has 1 aliphatic heterocycles. The fraction of sp³-hybridized carbons (Fsp3) is 0.261. The Bertz CT molecular complexity index is 1380. The van der Waals surface area contributed by atoms with E-state index >= 15 is 0 Å². The van der Waals surface area contributed by atoms with Crippen LogP contribution in [0.1, 0.15) is 25.7 Å². The summed E-state index contributed by atoms with van der Waals surface area (Å²) in [6, 6.07) is 18.1. The fourth-order valence-corrected chi connectivity index (χ4v) is 5.93. The maximum atomic E-state index is 12.9. The Morgan fingerprint density at radius 2 is 1.59 bits per heavy atom. The van der Waals surface area contributed by atoms with Gasteiger partial charge in [-0.15, -0.1) is 4.40 Å². The Kier molecular flexibility index (Phi) is 6.21. The number of anilines is 1. The largest absolute Gasteiger partial charge is 0.362 e. The monoisotopic (exact) mass is 471 g/mol. The Morgan fingerprint density at radius 3 is 2.41 bits per heavy atom. The van der Waals surface area contributed by atoms with Gasteiger partial charge < -0.3 is 4.90 Å². The van der Waals surface area contributed by atoms with Gasteiger partial charge in [0.25, 0.3) is 20.0 Å². The summed E-state index contributed by atoms with van der Waals surface area (Å²) in [5.74, 6) is 0.532. The van der Waals surface area contributed by atoms with Gasteiger partial charge in [-0.1, -0.05) is 42.8 Å². The van der Waals surface area contributed by atoms with Crippen molar-refractivity contribution in [2.24, 2.45) is 4.40 Å². The minimum absolute atomic E-state index is 0.0543. The van der Waals surface area contributed by atoms with Crippen molar-refractivity contribution >= 4 is 42.3 Å². The average Bonchev–Trinajstić information content (AvgIpc) is 2.97. The predicted molar refractivity (Wildman–Crippen MR) is 127 cm³/mol. The van der Waals surface area contributed by atoms with Crippen LogP contribution in [0, 0.1) is 0 Å². The van der Waals surface area contributed by atoms with Crippen molar-refractivity contribution in [2.75, 3.05) is 18.3 Å². The number of rotatable bonds is 5. The van der Waals surface area contributed by atoms with Crippen molar-refractivity contribution in [3.8, 4) is 0 Å². The lowest BCUT2D eigenvalue weighted by atomic mass is 10.1. The number of hydrogen-bond acceptors (Lipinski definition) is 4. The van der Waals surface area contributed by atoms with Crippen LogP contribution in [0.4, 0.5) is 5.69 Å². The quantitative estimate of drug-likeness (QED) is 0.601. The van der Waals surface area contributed by atoms with Gasteiger partial charge in [-0.2, -0.15) is 8.42 Å². The molecule has 9 heteroatoms. The van der Waals surface area contributed by atoms with Crippen LogP contribution < -0.4 is 4.72 Å². The Labute approximate surface area is 188 Å². The lowest BCUT2D eigenvalue weighted by Gasteiger charge is -2.17. The van der Waals surface area contributed by atoms with Gasteiger partial charge in [0, 0.05) is 20.0 Å². The third kappa shape index (κ3) is 4.94. The van der Waals surface area contributed by atoms with E-state index in [2.05, 4.69) is 9.12 Å². The summed E-state index contributed by atoms with van der Waals surface area (Å²) < 4.78 is 58.2. The topological polar surface area (TPSA) is 95.9 Å². The van der Waals surface area contributed by atoms with Gasteiger partial charge in [0.1, 0.15) is 5.84 Å². The second kappa shape index (κ2) is 8.91. The lowest BCUT2D eigenvalue weighted by molar-refractivity contribution is 0.494. The van der Waals surface area contributed by atoms with Crippen LogP contribution in [-0.4, -0.2) is 41.2 Å². The summed E-state index contributed by atoms with van der Waals surface area (Å²) >= 11 is 0. The zero-order valence-electron chi connectivity index (χ0n) is 17.7. The molecule has 3 aromatic carbocycles. The molecular formula is C23H25N3O4S2. The van der Waals surface area contributed by atoms with E-state index in [1.807, 2.05) is 36.2 Å². The molecule has 0 amide bonds. The summed E-state index contributed by atoms with van der Waals surface area (Å²) in [5.41, 5.74) is 0.161. The molecule has 0 atom stereocenters. The zero-order chi connectivity index (χ0) is 22.8. The predicted octanol–water partition coefficient (Wildman–Crippen LogP) is 4.23. The molecular weight excluding hydrogens is 446 g/mol. The first-order valence-corrected chi connectivity index (χ1v) is 13.3. The average molecular weight is 472 g/mol. The van der Waals surface area contributed by atoms with Gasteiger partial charge in [0.2, 0.25) is 0 Å². The molecule has 0 unspecified atom stereocenters. The Morgan fingerprint density at radius 1 is 0.812 bits per heavy atom. The van der Waals surface area contributed by atoms with Gasteiger partial charge in [-0.05, 0) is 53.9 Å². The lowest BCUT2D eigenvalue weighted by Crippen LogP contribution is -2.26. The second-order valence-electron chi connectivity index (χ2n) is 7.86. The Hall–Kier alpha value is -2.91. The molecule has 168 valence electrons. The SMILES string of the molecule is CN1CCCCCC1=NS(=O)(=O)c1cccc(NS(=O)(=O)c2ccc3ccccc3c2)c1. The van der Waals surface area contributed by atoms with Gasteiger partial charge in [0.15, 0.2) is 0 Å². The first kappa shape index (κ1) is 22.3. The molecule has 0 aliphatic carbocycles. The summed E-state index contributed by atoms with van der Waals surface area (Å²) in [6.07, 6.45) is 3.53. The van der Waals surface area contributed by atoms with Crippen LogP contribution in [0.2, 0.25) is 0 Å². The van der Waals surface area contributed by atoms with E-state index in [1.165, 1.54) is 30.3 Å². The number of fused-ring (bicyclic) bond motifs is 1. The van der Waals surface area contributed by atoms with Crippen LogP contribution in [0.3, 0.4) is 0 Å². The number of benzene rings is 3. The van der Waals surface area contributed by atoms with Crippen molar-refractivity contribution in [3.05, 3.63) is 66.7 Å². The maximum Gasteiger partial charge on any atom is 0.284 e. The highest BCUT2D eigenvalue weighted by Gasteiger charge is 2.20. The fourth-order valence-electron chi connectivity index (χ4n) is 3.70. The van der Waals surface area contributed by atoms with E-state index in [0.29, 0.717) is 12.3 Å². The van der Waals surface area contributed by atoms with Crippen molar-refractivity contribution in [3.63, 3.8) is 0 Å². The smallest absolute Gasteiger partial charge is 0.284 e. The number of amidine groups is 1. The van der Waals surface area contributed by atoms with Crippen molar-refractivity contribution in [1.82, 2.24) is 4.90 Å². The molecule has 1 aliphatic rings. The van der Waals surface area contributed by atoms with E-state index in [9.17, 15) is 16.8 Å². The normalized spacial score (nSPS) is 16.8. The highest BCUT2D eigenvalue weighted by Crippen LogP contribution is 2.24. The molecule has 0 radical (unpaired) electrons. The van der Waals surface area contributed by atoms with Crippen LogP contribution in [0.5, 0.6) is 0 Å². The van der Waals surface area contributed by atoms with Crippen molar-refractivity contribution in [2.45, 2.75) is 35.5 Å². The summed E-state index contributed by atoms with van der Waals surface area (Å²) in [5, 5.41) is 1.73. The number of nitrogens with one attached hydrogen (secondary N) is 1. The van der Waals surface area contributed by atoms with E-state index in [1.54, 1.807) is 12.1 Å². The summed E-state index contributed by atoms with van der Waals surface area (Å²) in [4.78, 5) is 1.92. The summed E-state index contributed by atoms with van der Waals surface area (Å²) in [6.45, 7) is 0.764. The summed E-state index contributed by atoms with van der Waals surface area (Å²) in [7, 11) is -6.02. The molecule has 0 saturated carbocycles. The molecule has 32 heavy (non-hydrogen) atoms. The zero-order valence-corrected chi connectivity index (χ0v) is 19.4. The van der Waals surface area contributed by atoms with Crippen molar-refractivity contribution < 1.29 is 16.8 Å². The van der Waals surface area contributed by atoms with Gasteiger partial charge in [-0.3, -0.25) is 4.72 Å². The molecule has 0 bridgehead atoms. The third-order valence-electron chi connectivity index (χ3n) is 5.48. The number of hydrogen-bond donors (Lipinski definition) is 1. The number of likely N-dealkylation sites (tertiary alicyclic amines) is 1. The van der Waals surface area contributed by atoms with Crippen molar-refractivity contribution in [1.29, 1.82) is 0 Å². The number of nitrogens with zero attached hydrogens (tertiary/aromatic N) is 2. The first-order chi connectivity index (χ1) is 15.2. The minimum Gasteiger partial charge on any atom is -0.362 e. The first-order valence-electron chi connectivity index (χ1n) is 10.4. The Balaban J connectivity index is 1.62.